The molecule has 0 unspecified atom stereocenters. The molecule has 2 N–H and O–H groups in total. The van der Waals surface area contributed by atoms with E-state index in [1.807, 2.05) is 12.1 Å². The minimum Gasteiger partial charge on any atom is -0.350 e. The lowest BCUT2D eigenvalue weighted by molar-refractivity contribution is 0.256. The highest BCUT2D eigenvalue weighted by molar-refractivity contribution is 6.04. The van der Waals surface area contributed by atoms with Gasteiger partial charge in [-0.15, -0.1) is 0 Å². The van der Waals surface area contributed by atoms with E-state index in [9.17, 15) is 4.79 Å². The predicted octanol–water partition coefficient (Wildman–Crippen LogP) is 2.63. The quantitative estimate of drug-likeness (QED) is 0.759. The van der Waals surface area contributed by atoms with Crippen molar-refractivity contribution in [1.29, 1.82) is 0 Å². The number of hydrogen-bond donors (Lipinski definition) is 1. The van der Waals surface area contributed by atoms with Crippen molar-refractivity contribution in [3.05, 3.63) is 35.4 Å². The van der Waals surface area contributed by atoms with Crippen molar-refractivity contribution in [2.75, 3.05) is 0 Å². The molecule has 16 heavy (non-hydrogen) atoms. The first-order valence-corrected chi connectivity index (χ1v) is 5.47. The fourth-order valence-corrected chi connectivity index (χ4v) is 1.83. The molecule has 3 heteroatoms. The highest BCUT2D eigenvalue weighted by Crippen LogP contribution is 2.47. The van der Waals surface area contributed by atoms with Gasteiger partial charge in [-0.05, 0) is 42.4 Å². The lowest BCUT2D eigenvalue weighted by atomic mass is 9.95. The van der Waals surface area contributed by atoms with E-state index in [1.54, 1.807) is 6.92 Å². The molecule has 2 rings (SSSR count). The molecule has 1 aromatic carbocycles. The molecular formula is C13H16N2O. The van der Waals surface area contributed by atoms with Crippen LogP contribution in [0.25, 0.3) is 0 Å². The van der Waals surface area contributed by atoms with Crippen molar-refractivity contribution < 1.29 is 4.79 Å². The van der Waals surface area contributed by atoms with Crippen LogP contribution in [0.15, 0.2) is 29.3 Å². The summed E-state index contributed by atoms with van der Waals surface area (Å²) in [6, 6.07) is 7.56. The summed E-state index contributed by atoms with van der Waals surface area (Å²) in [5.74, 6) is 0. The Bertz CT molecular complexity index is 459. The maximum absolute atomic E-state index is 10.7. The van der Waals surface area contributed by atoms with Gasteiger partial charge in [-0.1, -0.05) is 25.1 Å². The molecule has 2 amide bonds. The maximum atomic E-state index is 10.7. The average Bonchev–Trinajstić information content (AvgIpc) is 2.97. The van der Waals surface area contributed by atoms with Gasteiger partial charge in [-0.3, -0.25) is 0 Å². The van der Waals surface area contributed by atoms with Crippen LogP contribution in [-0.4, -0.2) is 11.7 Å². The summed E-state index contributed by atoms with van der Waals surface area (Å²) in [5, 5.41) is 0. The van der Waals surface area contributed by atoms with E-state index < -0.39 is 6.03 Å². The summed E-state index contributed by atoms with van der Waals surface area (Å²) in [6.07, 6.45) is 2.48. The van der Waals surface area contributed by atoms with E-state index in [4.69, 9.17) is 5.73 Å². The van der Waals surface area contributed by atoms with Crippen LogP contribution in [0.2, 0.25) is 0 Å². The Morgan fingerprint density at radius 2 is 2.12 bits per heavy atom. The smallest absolute Gasteiger partial charge is 0.338 e. The molecule has 0 saturated heterocycles. The number of rotatable bonds is 2. The zero-order valence-corrected chi connectivity index (χ0v) is 9.66. The average molecular weight is 216 g/mol. The SMILES string of the molecule is C/C(=N\C(N)=O)c1cccc(C2(C)CC2)c1. The van der Waals surface area contributed by atoms with Gasteiger partial charge in [0.1, 0.15) is 0 Å². The van der Waals surface area contributed by atoms with E-state index in [0.29, 0.717) is 11.1 Å². The van der Waals surface area contributed by atoms with Gasteiger partial charge in [-0.2, -0.15) is 4.99 Å². The highest BCUT2D eigenvalue weighted by atomic mass is 16.2. The Kier molecular flexibility index (Phi) is 2.54. The molecule has 0 bridgehead atoms. The molecular weight excluding hydrogens is 200 g/mol. The van der Waals surface area contributed by atoms with Gasteiger partial charge in [0.2, 0.25) is 0 Å². The zero-order chi connectivity index (χ0) is 11.8. The minimum atomic E-state index is -0.638. The van der Waals surface area contributed by atoms with Crippen LogP contribution >= 0.6 is 0 Å². The number of nitrogens with zero attached hydrogens (tertiary/aromatic N) is 1. The molecule has 0 atom stereocenters. The molecule has 0 radical (unpaired) electrons. The molecule has 84 valence electrons. The fourth-order valence-electron chi connectivity index (χ4n) is 1.83. The van der Waals surface area contributed by atoms with Crippen molar-refractivity contribution in [1.82, 2.24) is 0 Å². The number of nitrogens with two attached hydrogens (primary N) is 1. The number of urea groups is 1. The highest BCUT2D eigenvalue weighted by Gasteiger charge is 2.38. The van der Waals surface area contributed by atoms with Crippen LogP contribution < -0.4 is 5.73 Å². The van der Waals surface area contributed by atoms with Crippen LogP contribution in [0.4, 0.5) is 4.79 Å². The van der Waals surface area contributed by atoms with Crippen molar-refractivity contribution in [2.24, 2.45) is 10.7 Å². The van der Waals surface area contributed by atoms with Gasteiger partial charge >= 0.3 is 6.03 Å². The van der Waals surface area contributed by atoms with Crippen LogP contribution in [0.1, 0.15) is 37.8 Å². The van der Waals surface area contributed by atoms with Gasteiger partial charge in [0, 0.05) is 0 Å². The van der Waals surface area contributed by atoms with Crippen LogP contribution in [0.3, 0.4) is 0 Å². The Morgan fingerprint density at radius 3 is 2.69 bits per heavy atom. The minimum absolute atomic E-state index is 0.336. The molecule has 1 aromatic rings. The molecule has 1 saturated carbocycles. The Labute approximate surface area is 95.4 Å². The number of carbonyl (C=O) groups excluding carboxylic acids is 1. The van der Waals surface area contributed by atoms with Crippen LogP contribution in [0, 0.1) is 0 Å². The van der Waals surface area contributed by atoms with Crippen molar-refractivity contribution >= 4 is 11.7 Å². The number of amides is 2. The number of hydrogen-bond acceptors (Lipinski definition) is 1. The van der Waals surface area contributed by atoms with E-state index in [2.05, 4.69) is 24.0 Å². The third kappa shape index (κ3) is 2.13. The molecule has 1 aliphatic carbocycles. The summed E-state index contributed by atoms with van der Waals surface area (Å²) in [7, 11) is 0. The van der Waals surface area contributed by atoms with Crippen LogP contribution in [-0.2, 0) is 5.41 Å². The number of primary amides is 1. The standard InChI is InChI=1S/C13H16N2O/c1-9(15-12(14)16)10-4-3-5-11(8-10)13(2)6-7-13/h3-5,8H,6-7H2,1-2H3,(H2,14,16)/b15-9+. The zero-order valence-electron chi connectivity index (χ0n) is 9.66. The van der Waals surface area contributed by atoms with Gasteiger partial charge in [0.15, 0.2) is 0 Å². The molecule has 0 aliphatic heterocycles. The van der Waals surface area contributed by atoms with Crippen molar-refractivity contribution in [2.45, 2.75) is 32.1 Å². The van der Waals surface area contributed by atoms with E-state index in [-0.39, 0.29) is 0 Å². The number of aliphatic imine (C=N–C) groups is 1. The lowest BCUT2D eigenvalue weighted by Gasteiger charge is -2.10. The summed E-state index contributed by atoms with van der Waals surface area (Å²) in [4.78, 5) is 14.5. The lowest BCUT2D eigenvalue weighted by Crippen LogP contribution is -2.09. The Morgan fingerprint density at radius 1 is 1.44 bits per heavy atom. The van der Waals surface area contributed by atoms with Crippen LogP contribution in [0.5, 0.6) is 0 Å². The molecule has 0 aromatic heterocycles. The van der Waals surface area contributed by atoms with E-state index >= 15 is 0 Å². The first-order valence-electron chi connectivity index (χ1n) is 5.47. The third-order valence-electron chi connectivity index (χ3n) is 3.26. The maximum Gasteiger partial charge on any atom is 0.338 e. The van der Waals surface area contributed by atoms with Crippen molar-refractivity contribution in [3.63, 3.8) is 0 Å². The Hall–Kier alpha value is -1.64. The Balaban J connectivity index is 2.32. The van der Waals surface area contributed by atoms with Gasteiger partial charge in [0.25, 0.3) is 0 Å². The fraction of sp³-hybridized carbons (Fsp3) is 0.385. The first kappa shape index (κ1) is 10.9. The van der Waals surface area contributed by atoms with Gasteiger partial charge < -0.3 is 5.73 Å². The largest absolute Gasteiger partial charge is 0.350 e. The molecule has 0 heterocycles. The topological polar surface area (TPSA) is 55.4 Å². The molecule has 1 fully saturated rings. The molecule has 1 aliphatic rings. The predicted molar refractivity (Wildman–Crippen MR) is 64.8 cm³/mol. The summed E-state index contributed by atoms with van der Waals surface area (Å²) < 4.78 is 0. The second-order valence-corrected chi connectivity index (χ2v) is 4.68. The third-order valence-corrected chi connectivity index (χ3v) is 3.26. The number of benzene rings is 1. The van der Waals surface area contributed by atoms with E-state index in [0.717, 1.165) is 5.56 Å². The summed E-state index contributed by atoms with van der Waals surface area (Å²) in [6.45, 7) is 4.06. The summed E-state index contributed by atoms with van der Waals surface area (Å²) in [5.41, 5.74) is 8.36. The number of carbonyl (C=O) groups is 1. The van der Waals surface area contributed by atoms with Gasteiger partial charge in [-0.25, -0.2) is 4.79 Å². The van der Waals surface area contributed by atoms with E-state index in [1.165, 1.54) is 18.4 Å². The molecule has 3 nitrogen and oxygen atoms in total. The normalized spacial score (nSPS) is 18.2. The van der Waals surface area contributed by atoms with Crippen molar-refractivity contribution in [3.8, 4) is 0 Å². The second-order valence-electron chi connectivity index (χ2n) is 4.68. The van der Waals surface area contributed by atoms with Gasteiger partial charge in [0.05, 0.1) is 5.71 Å². The summed E-state index contributed by atoms with van der Waals surface area (Å²) >= 11 is 0. The second kappa shape index (κ2) is 3.74. The monoisotopic (exact) mass is 216 g/mol. The molecule has 0 spiro atoms. The first-order chi connectivity index (χ1) is 7.51.